The lowest BCUT2D eigenvalue weighted by atomic mass is 10.0. The molecule has 0 fully saturated rings. The lowest BCUT2D eigenvalue weighted by Crippen LogP contribution is -2.17. The van der Waals surface area contributed by atoms with Crippen molar-refractivity contribution in [3.05, 3.63) is 112 Å². The fourth-order valence-corrected chi connectivity index (χ4v) is 3.24. The Morgan fingerprint density at radius 3 is 2.47 bits per heavy atom. The molecule has 4 aromatic carbocycles. The number of carbonyl (C=O) groups is 2. The molecule has 0 spiro atoms. The summed E-state index contributed by atoms with van der Waals surface area (Å²) >= 11 is 0. The number of nitro groups is 1. The van der Waals surface area contributed by atoms with Gasteiger partial charge in [-0.05, 0) is 53.2 Å². The molecule has 0 aliphatic carbocycles. The molecule has 0 aliphatic rings. The first-order chi connectivity index (χ1) is 16.4. The Bertz CT molecular complexity index is 1430. The molecule has 4 aromatic rings. The van der Waals surface area contributed by atoms with E-state index >= 15 is 0 Å². The molecule has 0 unspecified atom stereocenters. The van der Waals surface area contributed by atoms with Crippen LogP contribution in [0.25, 0.3) is 10.8 Å². The SMILES string of the molecule is O=C(N/N=C/c1ccc(OC(=O)c2cccc3ccccc23)c([N+](=O)[O-])c1)c1ccc(O)cc1. The first-order valence-corrected chi connectivity index (χ1v) is 10.0. The minimum atomic E-state index is -0.720. The van der Waals surface area contributed by atoms with Crippen molar-refractivity contribution in [3.63, 3.8) is 0 Å². The topological polar surface area (TPSA) is 131 Å². The maximum atomic E-state index is 12.8. The first kappa shape index (κ1) is 22.2. The lowest BCUT2D eigenvalue weighted by molar-refractivity contribution is -0.385. The second-order valence-electron chi connectivity index (χ2n) is 7.15. The van der Waals surface area contributed by atoms with Crippen molar-refractivity contribution in [2.45, 2.75) is 0 Å². The molecule has 4 rings (SSSR count). The molecule has 0 atom stereocenters. The van der Waals surface area contributed by atoms with Gasteiger partial charge in [-0.3, -0.25) is 14.9 Å². The van der Waals surface area contributed by atoms with Gasteiger partial charge in [-0.2, -0.15) is 5.10 Å². The van der Waals surface area contributed by atoms with E-state index in [-0.39, 0.29) is 22.6 Å². The van der Waals surface area contributed by atoms with Gasteiger partial charge in [0.15, 0.2) is 0 Å². The average Bonchev–Trinajstić information content (AvgIpc) is 2.84. The van der Waals surface area contributed by atoms with Gasteiger partial charge in [0.05, 0.1) is 16.7 Å². The summed E-state index contributed by atoms with van der Waals surface area (Å²) in [6, 6.07) is 21.9. The van der Waals surface area contributed by atoms with Crippen LogP contribution < -0.4 is 10.2 Å². The van der Waals surface area contributed by atoms with Gasteiger partial charge in [0.25, 0.3) is 5.91 Å². The van der Waals surface area contributed by atoms with Crippen LogP contribution in [0, 0.1) is 10.1 Å². The molecular weight excluding hydrogens is 438 g/mol. The maximum Gasteiger partial charge on any atom is 0.344 e. The van der Waals surface area contributed by atoms with Crippen molar-refractivity contribution in [2.24, 2.45) is 5.10 Å². The van der Waals surface area contributed by atoms with Crippen LogP contribution in [-0.4, -0.2) is 28.1 Å². The summed E-state index contributed by atoms with van der Waals surface area (Å²) in [4.78, 5) is 35.7. The minimum absolute atomic E-state index is 0.0219. The molecule has 34 heavy (non-hydrogen) atoms. The summed E-state index contributed by atoms with van der Waals surface area (Å²) in [5.74, 6) is -1.43. The van der Waals surface area contributed by atoms with Crippen molar-refractivity contribution in [1.29, 1.82) is 0 Å². The summed E-state index contributed by atoms with van der Waals surface area (Å²) in [6.45, 7) is 0. The van der Waals surface area contributed by atoms with Gasteiger partial charge in [-0.15, -0.1) is 0 Å². The van der Waals surface area contributed by atoms with Gasteiger partial charge in [-0.1, -0.05) is 36.4 Å². The van der Waals surface area contributed by atoms with E-state index in [1.54, 1.807) is 24.3 Å². The van der Waals surface area contributed by atoms with Crippen LogP contribution in [0.2, 0.25) is 0 Å². The number of ether oxygens (including phenoxy) is 1. The third-order valence-corrected chi connectivity index (χ3v) is 4.90. The molecule has 2 N–H and O–H groups in total. The molecule has 0 saturated carbocycles. The molecule has 0 saturated heterocycles. The number of hydrogen-bond acceptors (Lipinski definition) is 7. The molecule has 1 amide bonds. The molecule has 9 heteroatoms. The molecule has 0 bridgehead atoms. The quantitative estimate of drug-likeness (QED) is 0.145. The van der Waals surface area contributed by atoms with Crippen molar-refractivity contribution in [3.8, 4) is 11.5 Å². The van der Waals surface area contributed by atoms with Gasteiger partial charge < -0.3 is 9.84 Å². The zero-order valence-corrected chi connectivity index (χ0v) is 17.5. The number of phenols is 1. The Labute approximate surface area is 193 Å². The van der Waals surface area contributed by atoms with E-state index < -0.39 is 22.5 Å². The number of amides is 1. The van der Waals surface area contributed by atoms with Gasteiger partial charge in [0, 0.05) is 17.2 Å². The number of esters is 1. The van der Waals surface area contributed by atoms with Crippen LogP contribution in [0.15, 0.2) is 90.0 Å². The molecule has 0 radical (unpaired) electrons. The molecule has 9 nitrogen and oxygen atoms in total. The lowest BCUT2D eigenvalue weighted by Gasteiger charge is -2.08. The number of phenolic OH excluding ortho intramolecular Hbond substituents is 1. The summed E-state index contributed by atoms with van der Waals surface area (Å²) in [5, 5.41) is 26.2. The van der Waals surface area contributed by atoms with Crippen LogP contribution in [0.4, 0.5) is 5.69 Å². The fraction of sp³-hybridized carbons (Fsp3) is 0. The van der Waals surface area contributed by atoms with Crippen LogP contribution in [0.1, 0.15) is 26.3 Å². The zero-order valence-electron chi connectivity index (χ0n) is 17.5. The van der Waals surface area contributed by atoms with E-state index in [1.165, 1.54) is 48.7 Å². The molecule has 0 heterocycles. The highest BCUT2D eigenvalue weighted by Crippen LogP contribution is 2.29. The summed E-state index contributed by atoms with van der Waals surface area (Å²) < 4.78 is 5.35. The largest absolute Gasteiger partial charge is 0.508 e. The number of nitrogens with one attached hydrogen (secondary N) is 1. The van der Waals surface area contributed by atoms with Crippen LogP contribution in [0.5, 0.6) is 11.5 Å². The summed E-state index contributed by atoms with van der Waals surface area (Å²) in [6.07, 6.45) is 1.22. The Kier molecular flexibility index (Phi) is 6.26. The summed E-state index contributed by atoms with van der Waals surface area (Å²) in [5.41, 5.74) is 2.74. The summed E-state index contributed by atoms with van der Waals surface area (Å²) in [7, 11) is 0. The van der Waals surface area contributed by atoms with Crippen LogP contribution in [-0.2, 0) is 0 Å². The number of hydrogen-bond donors (Lipinski definition) is 2. The van der Waals surface area contributed by atoms with Crippen molar-refractivity contribution >= 4 is 34.6 Å². The Hall–Kier alpha value is -5.05. The highest BCUT2D eigenvalue weighted by Gasteiger charge is 2.20. The highest BCUT2D eigenvalue weighted by atomic mass is 16.6. The predicted molar refractivity (Wildman–Crippen MR) is 125 cm³/mol. The van der Waals surface area contributed by atoms with E-state index in [0.29, 0.717) is 10.9 Å². The third kappa shape index (κ3) is 4.89. The number of aromatic hydroxyl groups is 1. The van der Waals surface area contributed by atoms with Crippen molar-refractivity contribution in [2.75, 3.05) is 0 Å². The number of hydrazone groups is 1. The standard InChI is InChI=1S/C25H17N3O6/c29-19-11-9-18(10-12-19)24(30)27-26-15-16-8-13-23(22(14-16)28(32)33)34-25(31)21-7-3-5-17-4-1-2-6-20(17)21/h1-15,29H,(H,27,30)/b26-15+. The smallest absolute Gasteiger partial charge is 0.344 e. The van der Waals surface area contributed by atoms with Crippen molar-refractivity contribution in [1.82, 2.24) is 5.43 Å². The van der Waals surface area contributed by atoms with E-state index in [4.69, 9.17) is 4.74 Å². The average molecular weight is 455 g/mol. The van der Waals surface area contributed by atoms with Gasteiger partial charge >= 0.3 is 11.7 Å². The minimum Gasteiger partial charge on any atom is -0.508 e. The number of carbonyl (C=O) groups excluding carboxylic acids is 2. The second-order valence-corrected chi connectivity index (χ2v) is 7.15. The fourth-order valence-electron chi connectivity index (χ4n) is 3.24. The van der Waals surface area contributed by atoms with E-state index in [0.717, 1.165) is 5.39 Å². The highest BCUT2D eigenvalue weighted by molar-refractivity contribution is 6.05. The normalized spacial score (nSPS) is 10.8. The number of fused-ring (bicyclic) bond motifs is 1. The molecule has 168 valence electrons. The van der Waals surface area contributed by atoms with Crippen LogP contribution >= 0.6 is 0 Å². The number of nitrogens with zero attached hydrogens (tertiary/aromatic N) is 2. The van der Waals surface area contributed by atoms with Crippen LogP contribution in [0.3, 0.4) is 0 Å². The van der Waals surface area contributed by atoms with Gasteiger partial charge in [0.2, 0.25) is 5.75 Å². The van der Waals surface area contributed by atoms with Gasteiger partial charge in [-0.25, -0.2) is 10.2 Å². The van der Waals surface area contributed by atoms with E-state index in [2.05, 4.69) is 10.5 Å². The monoisotopic (exact) mass is 455 g/mol. The molecule has 0 aliphatic heterocycles. The Morgan fingerprint density at radius 2 is 1.71 bits per heavy atom. The Morgan fingerprint density at radius 1 is 0.971 bits per heavy atom. The zero-order chi connectivity index (χ0) is 24.1. The Balaban J connectivity index is 1.51. The van der Waals surface area contributed by atoms with E-state index in [9.17, 15) is 24.8 Å². The van der Waals surface area contributed by atoms with E-state index in [1.807, 2.05) is 18.2 Å². The second kappa shape index (κ2) is 9.61. The third-order valence-electron chi connectivity index (χ3n) is 4.90. The number of rotatable bonds is 6. The van der Waals surface area contributed by atoms with Gasteiger partial charge in [0.1, 0.15) is 5.75 Å². The number of nitro benzene ring substituents is 1. The maximum absolute atomic E-state index is 12.8. The first-order valence-electron chi connectivity index (χ1n) is 10.0. The molecular formula is C25H17N3O6. The molecule has 0 aromatic heterocycles. The predicted octanol–water partition coefficient (Wildman–Crippen LogP) is 4.44. The number of benzene rings is 4. The van der Waals surface area contributed by atoms with Crippen molar-refractivity contribution < 1.29 is 24.4 Å².